The summed E-state index contributed by atoms with van der Waals surface area (Å²) in [6, 6.07) is 0. The molecule has 0 radical (unpaired) electrons. The second-order valence-corrected chi connectivity index (χ2v) is 5.36. The van der Waals surface area contributed by atoms with Gasteiger partial charge in [-0.05, 0) is 12.8 Å². The first-order valence-electron chi connectivity index (χ1n) is 6.19. The number of aromatic nitrogens is 5. The van der Waals surface area contributed by atoms with Crippen molar-refractivity contribution in [1.82, 2.24) is 24.4 Å². The van der Waals surface area contributed by atoms with Gasteiger partial charge in [0, 0.05) is 37.3 Å². The van der Waals surface area contributed by atoms with Crippen LogP contribution in [-0.2, 0) is 18.3 Å². The summed E-state index contributed by atoms with van der Waals surface area (Å²) in [5.41, 5.74) is 0.814. The van der Waals surface area contributed by atoms with Crippen molar-refractivity contribution in [2.45, 2.75) is 31.6 Å². The SMILES string of the molecule is Cn1ncc(CCC(=O)Nc2nc(C3CC3)ns2)n1. The van der Waals surface area contributed by atoms with Crippen LogP contribution < -0.4 is 5.32 Å². The van der Waals surface area contributed by atoms with Gasteiger partial charge in [0.25, 0.3) is 0 Å². The molecule has 3 rings (SSSR count). The summed E-state index contributed by atoms with van der Waals surface area (Å²) in [6.07, 6.45) is 4.95. The topological polar surface area (TPSA) is 85.6 Å². The minimum atomic E-state index is -0.0656. The molecule has 2 aromatic rings. The Morgan fingerprint density at radius 1 is 1.58 bits per heavy atom. The molecule has 1 aliphatic carbocycles. The van der Waals surface area contributed by atoms with Crippen LogP contribution in [0.2, 0.25) is 0 Å². The van der Waals surface area contributed by atoms with Crippen LogP contribution in [0.5, 0.6) is 0 Å². The van der Waals surface area contributed by atoms with E-state index in [4.69, 9.17) is 0 Å². The molecule has 1 aliphatic rings. The Labute approximate surface area is 114 Å². The van der Waals surface area contributed by atoms with Gasteiger partial charge < -0.3 is 5.32 Å². The predicted molar refractivity (Wildman–Crippen MR) is 69.8 cm³/mol. The maximum Gasteiger partial charge on any atom is 0.226 e. The molecule has 100 valence electrons. The molecule has 0 unspecified atom stereocenters. The lowest BCUT2D eigenvalue weighted by atomic mass is 10.2. The molecular weight excluding hydrogens is 264 g/mol. The summed E-state index contributed by atoms with van der Waals surface area (Å²) >= 11 is 1.25. The molecule has 8 heteroatoms. The zero-order valence-corrected chi connectivity index (χ0v) is 11.4. The molecule has 19 heavy (non-hydrogen) atoms. The van der Waals surface area contributed by atoms with Crippen LogP contribution in [0.1, 0.15) is 36.7 Å². The number of rotatable bonds is 5. The molecule has 1 N–H and O–H groups in total. The van der Waals surface area contributed by atoms with Crippen molar-refractivity contribution in [3.63, 3.8) is 0 Å². The van der Waals surface area contributed by atoms with Gasteiger partial charge in [-0.25, -0.2) is 4.98 Å². The first-order valence-corrected chi connectivity index (χ1v) is 6.97. The highest BCUT2D eigenvalue weighted by Gasteiger charge is 2.27. The van der Waals surface area contributed by atoms with Crippen LogP contribution in [0, 0.1) is 0 Å². The third-order valence-electron chi connectivity index (χ3n) is 2.89. The van der Waals surface area contributed by atoms with E-state index in [1.165, 1.54) is 16.3 Å². The maximum absolute atomic E-state index is 11.8. The van der Waals surface area contributed by atoms with E-state index in [0.717, 1.165) is 24.4 Å². The predicted octanol–water partition coefficient (Wildman–Crippen LogP) is 1.12. The number of aryl methyl sites for hydroxylation is 2. The van der Waals surface area contributed by atoms with Gasteiger partial charge in [0.1, 0.15) is 5.82 Å². The summed E-state index contributed by atoms with van der Waals surface area (Å²) in [6.45, 7) is 0. The second kappa shape index (κ2) is 5.04. The normalized spacial score (nSPS) is 14.6. The summed E-state index contributed by atoms with van der Waals surface area (Å²) in [7, 11) is 1.75. The number of hydrogen-bond donors (Lipinski definition) is 1. The number of hydrogen-bond acceptors (Lipinski definition) is 6. The highest BCUT2D eigenvalue weighted by Crippen LogP contribution is 2.39. The van der Waals surface area contributed by atoms with Crippen LogP contribution in [0.15, 0.2) is 6.20 Å². The molecule has 7 nitrogen and oxygen atoms in total. The van der Waals surface area contributed by atoms with Crippen LogP contribution >= 0.6 is 11.5 Å². The monoisotopic (exact) mass is 278 g/mol. The summed E-state index contributed by atoms with van der Waals surface area (Å²) in [4.78, 5) is 17.6. The molecule has 2 aromatic heterocycles. The zero-order chi connectivity index (χ0) is 13.2. The van der Waals surface area contributed by atoms with Gasteiger partial charge in [0.15, 0.2) is 0 Å². The molecule has 2 heterocycles. The number of carbonyl (C=O) groups is 1. The Morgan fingerprint density at radius 2 is 2.42 bits per heavy atom. The molecule has 1 amide bonds. The van der Waals surface area contributed by atoms with Gasteiger partial charge in [-0.1, -0.05) is 0 Å². The average Bonchev–Trinajstić information content (AvgIpc) is 3.00. The van der Waals surface area contributed by atoms with E-state index in [1.807, 2.05) is 0 Å². The van der Waals surface area contributed by atoms with Crippen LogP contribution in [0.4, 0.5) is 5.13 Å². The fourth-order valence-corrected chi connectivity index (χ4v) is 2.38. The Balaban J connectivity index is 1.49. The lowest BCUT2D eigenvalue weighted by Gasteiger charge is -1.98. The molecule has 1 fully saturated rings. The lowest BCUT2D eigenvalue weighted by molar-refractivity contribution is -0.116. The highest BCUT2D eigenvalue weighted by atomic mass is 32.1. The van der Waals surface area contributed by atoms with Crippen LogP contribution in [-0.4, -0.2) is 30.3 Å². The smallest absolute Gasteiger partial charge is 0.226 e. The Bertz CT molecular complexity index is 588. The van der Waals surface area contributed by atoms with Crippen molar-refractivity contribution in [2.24, 2.45) is 7.05 Å². The fourth-order valence-electron chi connectivity index (χ4n) is 1.72. The molecule has 0 aromatic carbocycles. The van der Waals surface area contributed by atoms with E-state index in [9.17, 15) is 4.79 Å². The first-order chi connectivity index (χ1) is 9.20. The summed E-state index contributed by atoms with van der Waals surface area (Å²) in [5.74, 6) is 1.32. The third kappa shape index (κ3) is 3.14. The van der Waals surface area contributed by atoms with E-state index in [-0.39, 0.29) is 5.91 Å². The number of anilines is 1. The van der Waals surface area contributed by atoms with E-state index < -0.39 is 0 Å². The zero-order valence-electron chi connectivity index (χ0n) is 10.5. The van der Waals surface area contributed by atoms with E-state index in [1.54, 1.807) is 13.2 Å². The Hall–Kier alpha value is -1.83. The fraction of sp³-hybridized carbons (Fsp3) is 0.545. The molecule has 0 aliphatic heterocycles. The molecule has 0 bridgehead atoms. The molecule has 0 saturated heterocycles. The number of nitrogens with one attached hydrogen (secondary N) is 1. The molecular formula is C11H14N6OS. The van der Waals surface area contributed by atoms with E-state index >= 15 is 0 Å². The highest BCUT2D eigenvalue weighted by molar-refractivity contribution is 7.09. The van der Waals surface area contributed by atoms with Crippen LogP contribution in [0.3, 0.4) is 0 Å². The third-order valence-corrected chi connectivity index (χ3v) is 3.53. The van der Waals surface area contributed by atoms with Crippen molar-refractivity contribution < 1.29 is 4.79 Å². The summed E-state index contributed by atoms with van der Waals surface area (Å²) < 4.78 is 4.24. The van der Waals surface area contributed by atoms with Crippen molar-refractivity contribution in [1.29, 1.82) is 0 Å². The quantitative estimate of drug-likeness (QED) is 0.885. The van der Waals surface area contributed by atoms with E-state index in [2.05, 4.69) is 24.9 Å². The van der Waals surface area contributed by atoms with Gasteiger partial charge in [0.2, 0.25) is 11.0 Å². The van der Waals surface area contributed by atoms with Crippen LogP contribution in [0.25, 0.3) is 0 Å². The Kier molecular flexibility index (Phi) is 3.24. The number of carbonyl (C=O) groups excluding carboxylic acids is 1. The largest absolute Gasteiger partial charge is 0.301 e. The second-order valence-electron chi connectivity index (χ2n) is 4.61. The average molecular weight is 278 g/mol. The van der Waals surface area contributed by atoms with Gasteiger partial charge in [-0.3, -0.25) is 4.79 Å². The van der Waals surface area contributed by atoms with Gasteiger partial charge >= 0.3 is 0 Å². The first kappa shape index (κ1) is 12.2. The van der Waals surface area contributed by atoms with Crippen molar-refractivity contribution in [2.75, 3.05) is 5.32 Å². The van der Waals surface area contributed by atoms with Crippen molar-refractivity contribution >= 4 is 22.6 Å². The minimum Gasteiger partial charge on any atom is -0.301 e. The maximum atomic E-state index is 11.8. The molecule has 0 spiro atoms. The van der Waals surface area contributed by atoms with E-state index in [0.29, 0.717) is 23.9 Å². The molecule has 1 saturated carbocycles. The lowest BCUT2D eigenvalue weighted by Crippen LogP contribution is -2.12. The van der Waals surface area contributed by atoms with Gasteiger partial charge in [-0.2, -0.15) is 19.4 Å². The molecule has 0 atom stereocenters. The van der Waals surface area contributed by atoms with Crippen molar-refractivity contribution in [3.05, 3.63) is 17.7 Å². The summed E-state index contributed by atoms with van der Waals surface area (Å²) in [5, 5.41) is 11.4. The van der Waals surface area contributed by atoms with Crippen molar-refractivity contribution in [3.8, 4) is 0 Å². The standard InChI is InChI=1S/C11H14N6OS/c1-17-12-6-8(15-17)4-5-9(18)13-11-14-10(16-19-11)7-2-3-7/h6-7H,2-5H2,1H3,(H,13,14,16,18). The number of nitrogens with zero attached hydrogens (tertiary/aromatic N) is 5. The number of amides is 1. The van der Waals surface area contributed by atoms with Gasteiger partial charge in [-0.15, -0.1) is 0 Å². The Morgan fingerprint density at radius 3 is 3.11 bits per heavy atom. The van der Waals surface area contributed by atoms with Gasteiger partial charge in [0.05, 0.1) is 11.9 Å². The minimum absolute atomic E-state index is 0.0656.